The molecule has 0 aliphatic carbocycles. The van der Waals surface area contributed by atoms with E-state index in [1.165, 1.54) is 11.8 Å². The van der Waals surface area contributed by atoms with Gasteiger partial charge in [-0.15, -0.1) is 10.2 Å². The van der Waals surface area contributed by atoms with Crippen molar-refractivity contribution < 1.29 is 9.90 Å². The quantitative estimate of drug-likeness (QED) is 0.759. The molecule has 5 nitrogen and oxygen atoms in total. The van der Waals surface area contributed by atoms with E-state index in [9.17, 15) is 4.79 Å². The van der Waals surface area contributed by atoms with Crippen molar-refractivity contribution >= 4 is 17.7 Å². The van der Waals surface area contributed by atoms with Crippen LogP contribution in [0.2, 0.25) is 0 Å². The minimum absolute atomic E-state index is 0.0301. The third kappa shape index (κ3) is 4.03. The summed E-state index contributed by atoms with van der Waals surface area (Å²) in [6.45, 7) is 7.12. The van der Waals surface area contributed by atoms with E-state index >= 15 is 0 Å². The highest BCUT2D eigenvalue weighted by Gasteiger charge is 2.15. The predicted octanol–water partition coefficient (Wildman–Crippen LogP) is 2.38. The van der Waals surface area contributed by atoms with E-state index in [-0.39, 0.29) is 5.75 Å². The highest BCUT2D eigenvalue weighted by Crippen LogP contribution is 2.21. The lowest BCUT2D eigenvalue weighted by Gasteiger charge is -2.10. The lowest BCUT2D eigenvalue weighted by Crippen LogP contribution is -2.08. The molecule has 1 rings (SSSR count). The Balaban J connectivity index is 2.83. The van der Waals surface area contributed by atoms with Crippen LogP contribution in [-0.2, 0) is 11.3 Å². The van der Waals surface area contributed by atoms with Crippen molar-refractivity contribution in [3.63, 3.8) is 0 Å². The molecule has 0 saturated carbocycles. The van der Waals surface area contributed by atoms with Crippen molar-refractivity contribution in [2.24, 2.45) is 0 Å². The van der Waals surface area contributed by atoms with Crippen molar-refractivity contribution in [2.45, 2.75) is 51.2 Å². The molecule has 6 heteroatoms. The molecule has 0 atom stereocenters. The minimum Gasteiger partial charge on any atom is -0.481 e. The van der Waals surface area contributed by atoms with Crippen LogP contribution >= 0.6 is 11.8 Å². The fourth-order valence-corrected chi connectivity index (χ4v) is 2.18. The zero-order valence-corrected chi connectivity index (χ0v) is 11.3. The molecule has 1 N–H and O–H groups in total. The Labute approximate surface area is 106 Å². The molecule has 0 aliphatic rings. The topological polar surface area (TPSA) is 68.0 Å². The summed E-state index contributed by atoms with van der Waals surface area (Å²) in [5.41, 5.74) is 0. The number of aliphatic carboxylic acids is 1. The molecule has 0 amide bonds. The molecule has 17 heavy (non-hydrogen) atoms. The SMILES string of the molecule is CCCCn1c(SCC(=O)O)nnc1C(C)C. The van der Waals surface area contributed by atoms with Gasteiger partial charge in [0.1, 0.15) is 5.82 Å². The Hall–Kier alpha value is -1.04. The maximum atomic E-state index is 10.6. The maximum Gasteiger partial charge on any atom is 0.313 e. The number of carboxylic acid groups (broad SMARTS) is 1. The summed E-state index contributed by atoms with van der Waals surface area (Å²) < 4.78 is 2.04. The van der Waals surface area contributed by atoms with E-state index < -0.39 is 5.97 Å². The van der Waals surface area contributed by atoms with Gasteiger partial charge in [-0.2, -0.15) is 0 Å². The van der Waals surface area contributed by atoms with Gasteiger partial charge in [-0.1, -0.05) is 39.0 Å². The monoisotopic (exact) mass is 257 g/mol. The molecule has 0 aromatic carbocycles. The largest absolute Gasteiger partial charge is 0.481 e. The van der Waals surface area contributed by atoms with Crippen LogP contribution in [0.25, 0.3) is 0 Å². The fourth-order valence-electron chi connectivity index (χ4n) is 1.49. The molecular formula is C11H19N3O2S. The Morgan fingerprint density at radius 2 is 2.18 bits per heavy atom. The van der Waals surface area contributed by atoms with Gasteiger partial charge in [-0.25, -0.2) is 0 Å². The number of rotatable bonds is 7. The zero-order valence-electron chi connectivity index (χ0n) is 10.5. The van der Waals surface area contributed by atoms with Crippen molar-refractivity contribution in [1.29, 1.82) is 0 Å². The molecule has 96 valence electrons. The van der Waals surface area contributed by atoms with Crippen LogP contribution in [0.1, 0.15) is 45.4 Å². The highest BCUT2D eigenvalue weighted by molar-refractivity contribution is 7.99. The molecule has 0 aliphatic heterocycles. The number of aromatic nitrogens is 3. The van der Waals surface area contributed by atoms with Crippen LogP contribution in [0.5, 0.6) is 0 Å². The number of nitrogens with zero attached hydrogens (tertiary/aromatic N) is 3. The highest BCUT2D eigenvalue weighted by atomic mass is 32.2. The Morgan fingerprint density at radius 3 is 2.71 bits per heavy atom. The van der Waals surface area contributed by atoms with E-state index in [4.69, 9.17) is 5.11 Å². The molecule has 0 bridgehead atoms. The van der Waals surface area contributed by atoms with Gasteiger partial charge in [0.2, 0.25) is 0 Å². The van der Waals surface area contributed by atoms with Crippen molar-refractivity contribution in [3.8, 4) is 0 Å². The standard InChI is InChI=1S/C11H19N3O2S/c1-4-5-6-14-10(8(2)3)12-13-11(14)17-7-9(15)16/h8H,4-7H2,1-3H3,(H,15,16). The Kier molecular flexibility index (Phi) is 5.47. The smallest absolute Gasteiger partial charge is 0.313 e. The minimum atomic E-state index is -0.828. The van der Waals surface area contributed by atoms with E-state index in [0.29, 0.717) is 11.1 Å². The molecule has 1 aromatic heterocycles. The molecule has 0 fully saturated rings. The second-order valence-corrected chi connectivity index (χ2v) is 5.13. The summed E-state index contributed by atoms with van der Waals surface area (Å²) in [6, 6.07) is 0. The summed E-state index contributed by atoms with van der Waals surface area (Å²) in [5, 5.41) is 17.6. The maximum absolute atomic E-state index is 10.6. The molecule has 1 aromatic rings. The van der Waals surface area contributed by atoms with Crippen molar-refractivity contribution in [3.05, 3.63) is 5.82 Å². The normalized spacial score (nSPS) is 11.1. The first kappa shape index (κ1) is 14.0. The van der Waals surface area contributed by atoms with Gasteiger partial charge >= 0.3 is 5.97 Å². The van der Waals surface area contributed by atoms with Crippen molar-refractivity contribution in [2.75, 3.05) is 5.75 Å². The summed E-state index contributed by atoms with van der Waals surface area (Å²) in [6.07, 6.45) is 2.15. The van der Waals surface area contributed by atoms with E-state index in [2.05, 4.69) is 31.0 Å². The third-order valence-corrected chi connectivity index (χ3v) is 3.27. The Morgan fingerprint density at radius 1 is 1.47 bits per heavy atom. The number of thioether (sulfide) groups is 1. The van der Waals surface area contributed by atoms with Gasteiger partial charge in [0.15, 0.2) is 5.16 Å². The first-order valence-corrected chi connectivity index (χ1v) is 6.82. The van der Waals surface area contributed by atoms with Crippen LogP contribution in [-0.4, -0.2) is 31.6 Å². The van der Waals surface area contributed by atoms with Gasteiger partial charge < -0.3 is 9.67 Å². The summed E-state index contributed by atoms with van der Waals surface area (Å²) >= 11 is 1.23. The number of unbranched alkanes of at least 4 members (excludes halogenated alkanes) is 1. The number of hydrogen-bond donors (Lipinski definition) is 1. The lowest BCUT2D eigenvalue weighted by molar-refractivity contribution is -0.133. The van der Waals surface area contributed by atoms with Gasteiger partial charge in [0, 0.05) is 12.5 Å². The van der Waals surface area contributed by atoms with Gasteiger partial charge in [-0.3, -0.25) is 4.79 Å². The second-order valence-electron chi connectivity index (χ2n) is 4.18. The van der Waals surface area contributed by atoms with E-state index in [1.54, 1.807) is 0 Å². The van der Waals surface area contributed by atoms with Crippen LogP contribution in [0.4, 0.5) is 0 Å². The molecule has 0 radical (unpaired) electrons. The third-order valence-electron chi connectivity index (χ3n) is 2.32. The van der Waals surface area contributed by atoms with Gasteiger partial charge in [0.25, 0.3) is 0 Å². The average Bonchev–Trinajstić information content (AvgIpc) is 2.66. The molecular weight excluding hydrogens is 238 g/mol. The summed E-state index contributed by atoms with van der Waals surface area (Å²) in [4.78, 5) is 10.6. The van der Waals surface area contributed by atoms with Gasteiger partial charge in [-0.05, 0) is 6.42 Å². The molecule has 0 spiro atoms. The fraction of sp³-hybridized carbons (Fsp3) is 0.727. The molecule has 0 unspecified atom stereocenters. The average molecular weight is 257 g/mol. The number of hydrogen-bond acceptors (Lipinski definition) is 4. The van der Waals surface area contributed by atoms with Crippen LogP contribution < -0.4 is 0 Å². The van der Waals surface area contributed by atoms with Crippen molar-refractivity contribution in [1.82, 2.24) is 14.8 Å². The lowest BCUT2D eigenvalue weighted by atomic mass is 10.2. The summed E-state index contributed by atoms with van der Waals surface area (Å²) in [7, 11) is 0. The predicted molar refractivity (Wildman–Crippen MR) is 67.4 cm³/mol. The first-order chi connectivity index (χ1) is 8.06. The number of carbonyl (C=O) groups is 1. The van der Waals surface area contributed by atoms with Gasteiger partial charge in [0.05, 0.1) is 5.75 Å². The van der Waals surface area contributed by atoms with E-state index in [0.717, 1.165) is 25.2 Å². The summed E-state index contributed by atoms with van der Waals surface area (Å²) in [5.74, 6) is 0.443. The van der Waals surface area contributed by atoms with E-state index in [1.807, 2.05) is 4.57 Å². The zero-order chi connectivity index (χ0) is 12.8. The molecule has 0 saturated heterocycles. The van der Waals surface area contributed by atoms with Crippen LogP contribution in [0.15, 0.2) is 5.16 Å². The number of carboxylic acids is 1. The molecule has 1 heterocycles. The first-order valence-electron chi connectivity index (χ1n) is 5.84. The van der Waals surface area contributed by atoms with Crippen LogP contribution in [0.3, 0.4) is 0 Å². The second kappa shape index (κ2) is 6.64. The van der Waals surface area contributed by atoms with Crippen LogP contribution in [0, 0.1) is 0 Å². The Bertz CT molecular complexity index is 377.